The molecule has 1 N–H and O–H groups in total. The van der Waals surface area contributed by atoms with Crippen molar-refractivity contribution in [1.29, 1.82) is 0 Å². The number of rotatable bonds is 8. The lowest BCUT2D eigenvalue weighted by atomic mass is 10.1. The van der Waals surface area contributed by atoms with E-state index < -0.39 is 0 Å². The number of nitrogens with zero attached hydrogens (tertiary/aromatic N) is 5. The van der Waals surface area contributed by atoms with Crippen molar-refractivity contribution in [1.82, 2.24) is 29.6 Å². The van der Waals surface area contributed by atoms with Crippen LogP contribution in [0.1, 0.15) is 29.9 Å². The van der Waals surface area contributed by atoms with Gasteiger partial charge in [-0.15, -0.1) is 10.2 Å². The number of hydrogen-bond donors (Lipinski definition) is 1. The quantitative estimate of drug-likeness (QED) is 0.324. The summed E-state index contributed by atoms with van der Waals surface area (Å²) in [5, 5.41) is 12.2. The average Bonchev–Trinajstić information content (AvgIpc) is 3.51. The van der Waals surface area contributed by atoms with Gasteiger partial charge in [-0.05, 0) is 35.7 Å². The Balaban J connectivity index is 1.38. The van der Waals surface area contributed by atoms with Crippen molar-refractivity contribution < 1.29 is 4.79 Å². The number of aromatic nitrogens is 5. The Labute approximate surface area is 208 Å². The molecule has 5 rings (SSSR count). The third-order valence-electron chi connectivity index (χ3n) is 6.00. The Hall–Kier alpha value is -3.91. The average molecular weight is 483 g/mol. The van der Waals surface area contributed by atoms with Crippen LogP contribution >= 0.6 is 11.8 Å². The summed E-state index contributed by atoms with van der Waals surface area (Å²) >= 11 is 1.37. The van der Waals surface area contributed by atoms with E-state index in [9.17, 15) is 4.79 Å². The van der Waals surface area contributed by atoms with E-state index in [4.69, 9.17) is 4.98 Å². The van der Waals surface area contributed by atoms with E-state index in [1.165, 1.54) is 17.3 Å². The monoisotopic (exact) mass is 482 g/mol. The molecule has 176 valence electrons. The molecule has 0 saturated heterocycles. The van der Waals surface area contributed by atoms with Gasteiger partial charge in [0, 0.05) is 7.05 Å². The van der Waals surface area contributed by atoms with Gasteiger partial charge in [-0.1, -0.05) is 79.3 Å². The van der Waals surface area contributed by atoms with Crippen LogP contribution in [-0.4, -0.2) is 36.0 Å². The molecule has 0 spiro atoms. The molecule has 0 aliphatic heterocycles. The highest BCUT2D eigenvalue weighted by Gasteiger charge is 2.23. The number of benzene rings is 3. The first-order chi connectivity index (χ1) is 17.2. The molecule has 0 aliphatic rings. The number of aryl methyl sites for hydroxylation is 2. The summed E-state index contributed by atoms with van der Waals surface area (Å²) in [5.41, 5.74) is 5.13. The van der Waals surface area contributed by atoms with Gasteiger partial charge in [0.25, 0.3) is 0 Å². The number of carbonyl (C=O) groups excluding carboxylic acids is 1. The fourth-order valence-corrected chi connectivity index (χ4v) is 4.96. The Morgan fingerprint density at radius 2 is 1.74 bits per heavy atom. The largest absolute Gasteiger partial charge is 0.341 e. The first-order valence-electron chi connectivity index (χ1n) is 11.5. The number of imidazole rings is 1. The van der Waals surface area contributed by atoms with Crippen LogP contribution in [-0.2, 0) is 18.3 Å². The summed E-state index contributed by atoms with van der Waals surface area (Å²) in [6, 6.07) is 25.7. The molecule has 0 bridgehead atoms. The fourth-order valence-electron chi connectivity index (χ4n) is 4.23. The van der Waals surface area contributed by atoms with E-state index in [1.807, 2.05) is 89.0 Å². The van der Waals surface area contributed by atoms with Crippen LogP contribution < -0.4 is 5.32 Å². The van der Waals surface area contributed by atoms with E-state index in [1.54, 1.807) is 6.33 Å². The molecule has 1 amide bonds. The molecule has 0 saturated carbocycles. The minimum atomic E-state index is -0.375. The molecular weight excluding hydrogens is 456 g/mol. The minimum Gasteiger partial charge on any atom is -0.341 e. The second kappa shape index (κ2) is 10.1. The molecule has 5 aromatic rings. The number of hydrogen-bond acceptors (Lipinski definition) is 5. The maximum absolute atomic E-state index is 13.2. The summed E-state index contributed by atoms with van der Waals surface area (Å²) in [6.45, 7) is 2.12. The second-order valence-corrected chi connectivity index (χ2v) is 9.13. The zero-order valence-corrected chi connectivity index (χ0v) is 20.4. The molecule has 0 fully saturated rings. The van der Waals surface area contributed by atoms with E-state index >= 15 is 0 Å². The van der Waals surface area contributed by atoms with Gasteiger partial charge in [0.2, 0.25) is 5.91 Å². The van der Waals surface area contributed by atoms with Crippen molar-refractivity contribution >= 4 is 28.7 Å². The maximum atomic E-state index is 13.2. The SMILES string of the molecule is CCc1ccccc1-n1cnnc1SCC(=O)NC(c1ccccc1)c1nc2ccccc2n1C. The predicted octanol–water partition coefficient (Wildman–Crippen LogP) is 4.71. The summed E-state index contributed by atoms with van der Waals surface area (Å²) < 4.78 is 3.98. The minimum absolute atomic E-state index is 0.103. The normalized spacial score (nSPS) is 12.1. The molecule has 8 heteroatoms. The lowest BCUT2D eigenvalue weighted by Gasteiger charge is -2.19. The van der Waals surface area contributed by atoms with E-state index in [0.29, 0.717) is 5.16 Å². The zero-order valence-electron chi connectivity index (χ0n) is 19.6. The third kappa shape index (κ3) is 4.70. The summed E-state index contributed by atoms with van der Waals surface area (Å²) in [5.74, 6) is 0.894. The van der Waals surface area contributed by atoms with Crippen LogP contribution in [0, 0.1) is 0 Å². The molecule has 7 nitrogen and oxygen atoms in total. The molecular formula is C27H26N6OS. The summed E-state index contributed by atoms with van der Waals surface area (Å²) in [4.78, 5) is 18.0. The number of fused-ring (bicyclic) bond motifs is 1. The van der Waals surface area contributed by atoms with Crippen molar-refractivity contribution in [3.63, 3.8) is 0 Å². The molecule has 2 heterocycles. The van der Waals surface area contributed by atoms with Crippen molar-refractivity contribution in [2.75, 3.05) is 5.75 Å². The molecule has 35 heavy (non-hydrogen) atoms. The highest BCUT2D eigenvalue weighted by Crippen LogP contribution is 2.26. The van der Waals surface area contributed by atoms with Gasteiger partial charge in [-0.3, -0.25) is 9.36 Å². The maximum Gasteiger partial charge on any atom is 0.231 e. The van der Waals surface area contributed by atoms with Crippen molar-refractivity contribution in [3.05, 3.63) is 102 Å². The Morgan fingerprint density at radius 1 is 1.00 bits per heavy atom. The van der Waals surface area contributed by atoms with Gasteiger partial charge in [0.15, 0.2) is 5.16 Å². The summed E-state index contributed by atoms with van der Waals surface area (Å²) in [6.07, 6.45) is 2.59. The van der Waals surface area contributed by atoms with Gasteiger partial charge in [-0.2, -0.15) is 0 Å². The third-order valence-corrected chi connectivity index (χ3v) is 6.94. The first kappa shape index (κ1) is 22.9. The number of amides is 1. The lowest BCUT2D eigenvalue weighted by Crippen LogP contribution is -2.32. The lowest BCUT2D eigenvalue weighted by molar-refractivity contribution is -0.119. The Morgan fingerprint density at radius 3 is 2.54 bits per heavy atom. The topological polar surface area (TPSA) is 77.6 Å². The van der Waals surface area contributed by atoms with Gasteiger partial charge < -0.3 is 9.88 Å². The predicted molar refractivity (Wildman–Crippen MR) is 139 cm³/mol. The molecule has 3 aromatic carbocycles. The number of carbonyl (C=O) groups is 1. The van der Waals surface area contributed by atoms with Crippen LogP contribution in [0.3, 0.4) is 0 Å². The zero-order chi connectivity index (χ0) is 24.2. The highest BCUT2D eigenvalue weighted by molar-refractivity contribution is 7.99. The fraction of sp³-hybridized carbons (Fsp3) is 0.185. The van der Waals surface area contributed by atoms with Gasteiger partial charge in [0.1, 0.15) is 18.2 Å². The number of para-hydroxylation sites is 3. The summed E-state index contributed by atoms with van der Waals surface area (Å²) in [7, 11) is 1.98. The van der Waals surface area contributed by atoms with Crippen molar-refractivity contribution in [2.24, 2.45) is 7.05 Å². The van der Waals surface area contributed by atoms with Gasteiger partial charge in [0.05, 0.1) is 22.5 Å². The van der Waals surface area contributed by atoms with Crippen LogP contribution in [0.15, 0.2) is 90.3 Å². The molecule has 0 radical (unpaired) electrons. The first-order valence-corrected chi connectivity index (χ1v) is 12.5. The number of nitrogens with one attached hydrogen (secondary N) is 1. The standard InChI is InChI=1S/C27H26N6OS/c1-3-19-11-7-9-15-22(19)33-18-28-31-27(33)35-17-24(34)30-25(20-12-5-4-6-13-20)26-29-21-14-8-10-16-23(21)32(26)2/h4-16,18,25H,3,17H2,1-2H3,(H,30,34). The smallest absolute Gasteiger partial charge is 0.231 e. The van der Waals surface area contributed by atoms with Crippen LogP contribution in [0.2, 0.25) is 0 Å². The Kier molecular flexibility index (Phi) is 6.63. The molecule has 2 aromatic heterocycles. The molecule has 0 aliphatic carbocycles. The molecule has 1 atom stereocenters. The second-order valence-electron chi connectivity index (χ2n) is 8.18. The van der Waals surface area contributed by atoms with Crippen LogP contribution in [0.5, 0.6) is 0 Å². The number of thioether (sulfide) groups is 1. The van der Waals surface area contributed by atoms with Gasteiger partial charge >= 0.3 is 0 Å². The Bertz CT molecular complexity index is 1460. The van der Waals surface area contributed by atoms with E-state index in [-0.39, 0.29) is 17.7 Å². The highest BCUT2D eigenvalue weighted by atomic mass is 32.2. The van der Waals surface area contributed by atoms with Crippen LogP contribution in [0.25, 0.3) is 16.7 Å². The van der Waals surface area contributed by atoms with Crippen molar-refractivity contribution in [3.8, 4) is 5.69 Å². The van der Waals surface area contributed by atoms with Crippen LogP contribution in [0.4, 0.5) is 0 Å². The molecule has 1 unspecified atom stereocenters. The van der Waals surface area contributed by atoms with E-state index in [2.05, 4.69) is 28.5 Å². The van der Waals surface area contributed by atoms with Gasteiger partial charge in [-0.25, -0.2) is 4.98 Å². The van der Waals surface area contributed by atoms with E-state index in [0.717, 1.165) is 34.5 Å². The van der Waals surface area contributed by atoms with Crippen molar-refractivity contribution in [2.45, 2.75) is 24.5 Å².